The van der Waals surface area contributed by atoms with Crippen LogP contribution in [0.3, 0.4) is 0 Å². The van der Waals surface area contributed by atoms with E-state index in [-0.39, 0.29) is 17.9 Å². The maximum atomic E-state index is 12.7. The highest BCUT2D eigenvalue weighted by Gasteiger charge is 2.26. The van der Waals surface area contributed by atoms with Crippen molar-refractivity contribution in [2.75, 3.05) is 31.2 Å². The molecule has 1 N–H and O–H groups in total. The number of ether oxygens (including phenoxy) is 2. The van der Waals surface area contributed by atoms with E-state index in [4.69, 9.17) is 9.47 Å². The molecule has 2 fully saturated rings. The molecule has 2 unspecified atom stereocenters. The fourth-order valence-electron chi connectivity index (χ4n) is 3.86. The zero-order valence-electron chi connectivity index (χ0n) is 16.6. The molecule has 0 radical (unpaired) electrons. The van der Waals surface area contributed by atoms with Crippen LogP contribution in [0, 0.1) is 5.92 Å². The minimum Gasteiger partial charge on any atom is -0.491 e. The maximum absolute atomic E-state index is 12.7. The van der Waals surface area contributed by atoms with Gasteiger partial charge in [0, 0.05) is 38.6 Å². The Labute approximate surface area is 171 Å². The van der Waals surface area contributed by atoms with Gasteiger partial charge in [0.15, 0.2) is 0 Å². The summed E-state index contributed by atoms with van der Waals surface area (Å²) in [6.07, 6.45) is 9.38. The van der Waals surface area contributed by atoms with Gasteiger partial charge < -0.3 is 19.7 Å². The largest absolute Gasteiger partial charge is 0.491 e. The number of hydrogen-bond donors (Lipinski definition) is 1. The molecule has 2 aliphatic heterocycles. The molecule has 2 aromatic rings. The molecule has 2 aliphatic rings. The van der Waals surface area contributed by atoms with Crippen molar-refractivity contribution in [1.29, 1.82) is 0 Å². The highest BCUT2D eigenvalue weighted by Crippen LogP contribution is 2.21. The van der Waals surface area contributed by atoms with Crippen LogP contribution in [0.1, 0.15) is 31.2 Å². The van der Waals surface area contributed by atoms with Crippen LogP contribution in [-0.2, 0) is 16.1 Å². The van der Waals surface area contributed by atoms with Gasteiger partial charge in [0.25, 0.3) is 0 Å². The van der Waals surface area contributed by atoms with Crippen molar-refractivity contribution in [2.45, 2.75) is 38.3 Å². The Morgan fingerprint density at radius 1 is 1.21 bits per heavy atom. The number of benzene rings is 1. The third-order valence-corrected chi connectivity index (χ3v) is 5.52. The lowest BCUT2D eigenvalue weighted by molar-refractivity contribution is -0.125. The molecular formula is C22H28N4O3. The molecular weight excluding hydrogens is 368 g/mol. The zero-order valence-corrected chi connectivity index (χ0v) is 16.6. The van der Waals surface area contributed by atoms with Crippen LogP contribution in [0.2, 0.25) is 0 Å². The number of anilines is 1. The van der Waals surface area contributed by atoms with E-state index in [1.54, 1.807) is 18.6 Å². The lowest BCUT2D eigenvalue weighted by Crippen LogP contribution is -2.43. The summed E-state index contributed by atoms with van der Waals surface area (Å²) >= 11 is 0. The van der Waals surface area contributed by atoms with Gasteiger partial charge in [-0.15, -0.1) is 0 Å². The van der Waals surface area contributed by atoms with E-state index in [1.807, 2.05) is 24.3 Å². The summed E-state index contributed by atoms with van der Waals surface area (Å²) in [6.45, 7) is 3.55. The van der Waals surface area contributed by atoms with Crippen molar-refractivity contribution in [3.63, 3.8) is 0 Å². The van der Waals surface area contributed by atoms with E-state index in [0.717, 1.165) is 56.0 Å². The highest BCUT2D eigenvalue weighted by molar-refractivity contribution is 5.79. The number of hydrogen-bond acceptors (Lipinski definition) is 6. The Bertz CT molecular complexity index is 778. The van der Waals surface area contributed by atoms with Crippen LogP contribution >= 0.6 is 0 Å². The lowest BCUT2D eigenvalue weighted by Gasteiger charge is -2.32. The van der Waals surface area contributed by atoms with Gasteiger partial charge in [-0.05, 0) is 43.4 Å². The van der Waals surface area contributed by atoms with Gasteiger partial charge in [0.2, 0.25) is 5.91 Å². The normalized spacial score (nSPS) is 21.7. The number of carbonyl (C=O) groups excluding carboxylic acids is 1. The third kappa shape index (κ3) is 5.44. The molecule has 0 spiro atoms. The maximum Gasteiger partial charge on any atom is 0.225 e. The predicted molar refractivity (Wildman–Crippen MR) is 110 cm³/mol. The van der Waals surface area contributed by atoms with Crippen LogP contribution in [0.5, 0.6) is 5.75 Å². The highest BCUT2D eigenvalue weighted by atomic mass is 16.5. The number of piperidine rings is 1. The molecule has 2 saturated heterocycles. The minimum absolute atomic E-state index is 0.0280. The van der Waals surface area contributed by atoms with Crippen LogP contribution in [0.4, 0.5) is 5.82 Å². The Balaban J connectivity index is 1.23. The zero-order chi connectivity index (χ0) is 19.9. The summed E-state index contributed by atoms with van der Waals surface area (Å²) in [4.78, 5) is 23.3. The molecule has 7 heteroatoms. The Morgan fingerprint density at radius 3 is 2.86 bits per heavy atom. The van der Waals surface area contributed by atoms with Crippen molar-refractivity contribution in [3.05, 3.63) is 48.4 Å². The summed E-state index contributed by atoms with van der Waals surface area (Å²) in [5, 5.41) is 3.07. The topological polar surface area (TPSA) is 76.6 Å². The molecule has 2 atom stereocenters. The summed E-state index contributed by atoms with van der Waals surface area (Å²) in [6, 6.07) is 7.90. The first-order valence-electron chi connectivity index (χ1n) is 10.4. The second-order valence-electron chi connectivity index (χ2n) is 7.66. The fraction of sp³-hybridized carbons (Fsp3) is 0.500. The van der Waals surface area contributed by atoms with E-state index in [1.165, 1.54) is 0 Å². The molecule has 0 bridgehead atoms. The van der Waals surface area contributed by atoms with Gasteiger partial charge in [-0.3, -0.25) is 9.78 Å². The van der Waals surface area contributed by atoms with Crippen LogP contribution in [0.25, 0.3) is 0 Å². The van der Waals surface area contributed by atoms with E-state index in [2.05, 4.69) is 20.2 Å². The molecule has 3 heterocycles. The Kier molecular flexibility index (Phi) is 6.56. The van der Waals surface area contributed by atoms with E-state index in [0.29, 0.717) is 19.7 Å². The molecule has 29 heavy (non-hydrogen) atoms. The van der Waals surface area contributed by atoms with Gasteiger partial charge in [-0.2, -0.15) is 0 Å². The van der Waals surface area contributed by atoms with Crippen molar-refractivity contribution in [3.8, 4) is 5.75 Å². The van der Waals surface area contributed by atoms with Crippen molar-refractivity contribution in [2.24, 2.45) is 5.92 Å². The molecule has 7 nitrogen and oxygen atoms in total. The molecule has 154 valence electrons. The number of nitrogens with one attached hydrogen (secondary N) is 1. The molecule has 0 aliphatic carbocycles. The van der Waals surface area contributed by atoms with Crippen molar-refractivity contribution in [1.82, 2.24) is 15.3 Å². The smallest absolute Gasteiger partial charge is 0.225 e. The standard InChI is InChI=1S/C22H28N4O3/c27-22(18-3-1-11-26(15-18)21-14-23-9-10-24-21)25-13-17-5-7-19(8-6-17)29-16-20-4-2-12-28-20/h5-10,14,18,20H,1-4,11-13,15-16H2,(H,25,27). The minimum atomic E-state index is -0.0280. The quantitative estimate of drug-likeness (QED) is 0.775. The lowest BCUT2D eigenvalue weighted by atomic mass is 9.97. The number of amides is 1. The first-order chi connectivity index (χ1) is 14.3. The van der Waals surface area contributed by atoms with Gasteiger partial charge in [0.05, 0.1) is 18.2 Å². The van der Waals surface area contributed by atoms with Crippen LogP contribution < -0.4 is 15.0 Å². The van der Waals surface area contributed by atoms with Crippen molar-refractivity contribution >= 4 is 11.7 Å². The average Bonchev–Trinajstić information content (AvgIpc) is 3.31. The first-order valence-corrected chi connectivity index (χ1v) is 10.4. The number of rotatable bonds is 7. The summed E-state index contributed by atoms with van der Waals surface area (Å²) in [5.41, 5.74) is 1.06. The van der Waals surface area contributed by atoms with E-state index < -0.39 is 0 Å². The average molecular weight is 396 g/mol. The molecule has 1 aromatic carbocycles. The van der Waals surface area contributed by atoms with Crippen molar-refractivity contribution < 1.29 is 14.3 Å². The van der Waals surface area contributed by atoms with E-state index >= 15 is 0 Å². The SMILES string of the molecule is O=C(NCc1ccc(OCC2CCCO2)cc1)C1CCCN(c2cnccn2)C1. The predicted octanol–water partition coefficient (Wildman–Crippen LogP) is 2.57. The second kappa shape index (κ2) is 9.69. The van der Waals surface area contributed by atoms with E-state index in [9.17, 15) is 4.79 Å². The first kappa shape index (κ1) is 19.6. The third-order valence-electron chi connectivity index (χ3n) is 5.52. The Morgan fingerprint density at radius 2 is 2.10 bits per heavy atom. The fourth-order valence-corrected chi connectivity index (χ4v) is 3.86. The summed E-state index contributed by atoms with van der Waals surface area (Å²) in [5.74, 6) is 1.74. The van der Waals surface area contributed by atoms with Gasteiger partial charge in [-0.25, -0.2) is 4.98 Å². The number of nitrogens with zero attached hydrogens (tertiary/aromatic N) is 3. The summed E-state index contributed by atoms with van der Waals surface area (Å²) < 4.78 is 11.4. The summed E-state index contributed by atoms with van der Waals surface area (Å²) in [7, 11) is 0. The number of aromatic nitrogens is 2. The van der Waals surface area contributed by atoms with Gasteiger partial charge in [-0.1, -0.05) is 12.1 Å². The van der Waals surface area contributed by atoms with Crippen LogP contribution in [-0.4, -0.2) is 48.3 Å². The molecule has 4 rings (SSSR count). The number of carbonyl (C=O) groups is 1. The second-order valence-corrected chi connectivity index (χ2v) is 7.66. The van der Waals surface area contributed by atoms with Gasteiger partial charge in [0.1, 0.15) is 18.2 Å². The Hall–Kier alpha value is -2.67. The molecule has 0 saturated carbocycles. The van der Waals surface area contributed by atoms with Crippen LogP contribution in [0.15, 0.2) is 42.9 Å². The molecule has 1 aromatic heterocycles. The monoisotopic (exact) mass is 396 g/mol. The molecule has 1 amide bonds. The van der Waals surface area contributed by atoms with Gasteiger partial charge >= 0.3 is 0 Å².